The summed E-state index contributed by atoms with van der Waals surface area (Å²) in [6, 6.07) is 8.89. The normalized spacial score (nSPS) is 20.0. The Bertz CT molecular complexity index is 721. The number of ether oxygens (including phenoxy) is 2. The number of amides is 1. The van der Waals surface area contributed by atoms with Crippen molar-refractivity contribution in [2.24, 2.45) is 5.92 Å². The number of benzene rings is 1. The van der Waals surface area contributed by atoms with Crippen LogP contribution in [0, 0.1) is 17.2 Å². The SMILES string of the molecule is COc1cccc(/C=C(\C#N)C(=O)OCC(=O)N[C@@H]2CCCC[C@@H]2C)c1. The molecule has 0 unspecified atom stereocenters. The largest absolute Gasteiger partial charge is 0.497 e. The van der Waals surface area contributed by atoms with E-state index < -0.39 is 5.97 Å². The third-order valence-electron chi connectivity index (χ3n) is 4.54. The van der Waals surface area contributed by atoms with Crippen molar-refractivity contribution >= 4 is 18.0 Å². The van der Waals surface area contributed by atoms with Crippen molar-refractivity contribution in [1.82, 2.24) is 5.32 Å². The van der Waals surface area contributed by atoms with Gasteiger partial charge < -0.3 is 14.8 Å². The Kier molecular flexibility index (Phi) is 7.22. The van der Waals surface area contributed by atoms with Gasteiger partial charge in [-0.2, -0.15) is 5.26 Å². The minimum Gasteiger partial charge on any atom is -0.497 e. The monoisotopic (exact) mass is 356 g/mol. The van der Waals surface area contributed by atoms with Gasteiger partial charge in [0.05, 0.1) is 7.11 Å². The average molecular weight is 356 g/mol. The summed E-state index contributed by atoms with van der Waals surface area (Å²) in [4.78, 5) is 24.1. The molecule has 0 aliphatic heterocycles. The minimum absolute atomic E-state index is 0.123. The van der Waals surface area contributed by atoms with Gasteiger partial charge in [0, 0.05) is 6.04 Å². The van der Waals surface area contributed by atoms with Crippen molar-refractivity contribution in [1.29, 1.82) is 5.26 Å². The zero-order valence-corrected chi connectivity index (χ0v) is 15.2. The molecule has 0 spiro atoms. The molecule has 1 aliphatic carbocycles. The highest BCUT2D eigenvalue weighted by molar-refractivity contribution is 5.98. The number of carbonyl (C=O) groups excluding carboxylic acids is 2. The van der Waals surface area contributed by atoms with E-state index >= 15 is 0 Å². The van der Waals surface area contributed by atoms with E-state index in [2.05, 4.69) is 12.2 Å². The second-order valence-corrected chi connectivity index (χ2v) is 6.46. The molecular formula is C20H24N2O4. The lowest BCUT2D eigenvalue weighted by atomic mass is 9.86. The lowest BCUT2D eigenvalue weighted by Crippen LogP contribution is -2.42. The van der Waals surface area contributed by atoms with Gasteiger partial charge in [-0.25, -0.2) is 4.79 Å². The highest BCUT2D eigenvalue weighted by Crippen LogP contribution is 2.23. The molecule has 1 saturated carbocycles. The number of nitrogens with zero attached hydrogens (tertiary/aromatic N) is 1. The van der Waals surface area contributed by atoms with Crippen molar-refractivity contribution < 1.29 is 19.1 Å². The summed E-state index contributed by atoms with van der Waals surface area (Å²) in [7, 11) is 1.54. The summed E-state index contributed by atoms with van der Waals surface area (Å²) < 4.78 is 10.1. The van der Waals surface area contributed by atoms with Gasteiger partial charge in [-0.05, 0) is 42.5 Å². The van der Waals surface area contributed by atoms with Gasteiger partial charge in [-0.15, -0.1) is 0 Å². The van der Waals surface area contributed by atoms with Gasteiger partial charge in [0.25, 0.3) is 5.91 Å². The van der Waals surface area contributed by atoms with Gasteiger partial charge in [0.15, 0.2) is 6.61 Å². The van der Waals surface area contributed by atoms with E-state index in [1.165, 1.54) is 19.6 Å². The van der Waals surface area contributed by atoms with Crippen LogP contribution >= 0.6 is 0 Å². The number of esters is 1. The third-order valence-corrected chi connectivity index (χ3v) is 4.54. The molecule has 1 aromatic carbocycles. The molecule has 26 heavy (non-hydrogen) atoms. The Labute approximate surface area is 153 Å². The number of hydrogen-bond acceptors (Lipinski definition) is 5. The molecule has 1 fully saturated rings. The topological polar surface area (TPSA) is 88.4 Å². The van der Waals surface area contributed by atoms with Crippen LogP contribution in [-0.4, -0.2) is 31.6 Å². The zero-order chi connectivity index (χ0) is 18.9. The molecule has 0 saturated heterocycles. The van der Waals surface area contributed by atoms with E-state index in [0.717, 1.165) is 19.3 Å². The predicted octanol–water partition coefficient (Wildman–Crippen LogP) is 2.84. The van der Waals surface area contributed by atoms with Crippen LogP contribution < -0.4 is 10.1 Å². The molecule has 6 heteroatoms. The number of methoxy groups -OCH3 is 1. The van der Waals surface area contributed by atoms with Gasteiger partial charge in [-0.3, -0.25) is 4.79 Å². The summed E-state index contributed by atoms with van der Waals surface area (Å²) in [6.07, 6.45) is 5.72. The molecule has 1 aromatic rings. The van der Waals surface area contributed by atoms with Crippen LogP contribution in [0.1, 0.15) is 38.2 Å². The van der Waals surface area contributed by atoms with E-state index in [-0.39, 0.29) is 24.1 Å². The maximum absolute atomic E-state index is 12.1. The Morgan fingerprint density at radius 2 is 2.12 bits per heavy atom. The lowest BCUT2D eigenvalue weighted by molar-refractivity contribution is -0.144. The van der Waals surface area contributed by atoms with E-state index in [1.54, 1.807) is 24.3 Å². The summed E-state index contributed by atoms with van der Waals surface area (Å²) in [5.74, 6) is -0.116. The first-order valence-electron chi connectivity index (χ1n) is 8.76. The number of rotatable bonds is 6. The molecule has 0 aromatic heterocycles. The molecule has 2 rings (SSSR count). The smallest absolute Gasteiger partial charge is 0.349 e. The second-order valence-electron chi connectivity index (χ2n) is 6.46. The van der Waals surface area contributed by atoms with Gasteiger partial charge in [-0.1, -0.05) is 31.9 Å². The van der Waals surface area contributed by atoms with Crippen LogP contribution in [-0.2, 0) is 14.3 Å². The van der Waals surface area contributed by atoms with E-state index in [9.17, 15) is 14.9 Å². The maximum atomic E-state index is 12.1. The van der Waals surface area contributed by atoms with E-state index in [0.29, 0.717) is 17.2 Å². The third kappa shape index (κ3) is 5.62. The highest BCUT2D eigenvalue weighted by atomic mass is 16.5. The fraction of sp³-hybridized carbons (Fsp3) is 0.450. The Morgan fingerprint density at radius 1 is 1.35 bits per heavy atom. The molecular weight excluding hydrogens is 332 g/mol. The van der Waals surface area contributed by atoms with Crippen molar-refractivity contribution in [2.75, 3.05) is 13.7 Å². The van der Waals surface area contributed by atoms with Crippen molar-refractivity contribution in [2.45, 2.75) is 38.6 Å². The number of hydrogen-bond donors (Lipinski definition) is 1. The molecule has 0 bridgehead atoms. The van der Waals surface area contributed by atoms with Crippen LogP contribution in [0.4, 0.5) is 0 Å². The summed E-state index contributed by atoms with van der Waals surface area (Å²) in [6.45, 7) is 1.72. The second kappa shape index (κ2) is 9.62. The van der Waals surface area contributed by atoms with Crippen LogP contribution in [0.3, 0.4) is 0 Å². The molecule has 6 nitrogen and oxygen atoms in total. The minimum atomic E-state index is -0.817. The summed E-state index contributed by atoms with van der Waals surface area (Å²) in [5.41, 5.74) is 0.468. The van der Waals surface area contributed by atoms with Crippen molar-refractivity contribution in [3.8, 4) is 11.8 Å². The van der Waals surface area contributed by atoms with Crippen LogP contribution in [0.25, 0.3) is 6.08 Å². The summed E-state index contributed by atoms with van der Waals surface area (Å²) >= 11 is 0. The molecule has 1 aliphatic rings. The quantitative estimate of drug-likeness (QED) is 0.481. The van der Waals surface area contributed by atoms with Crippen LogP contribution in [0.2, 0.25) is 0 Å². The Balaban J connectivity index is 1.91. The van der Waals surface area contributed by atoms with Gasteiger partial charge in [0.1, 0.15) is 17.4 Å². The zero-order valence-electron chi connectivity index (χ0n) is 15.2. The highest BCUT2D eigenvalue weighted by Gasteiger charge is 2.23. The fourth-order valence-corrected chi connectivity index (χ4v) is 3.02. The molecule has 2 atom stereocenters. The fourth-order valence-electron chi connectivity index (χ4n) is 3.02. The first-order valence-corrected chi connectivity index (χ1v) is 8.76. The summed E-state index contributed by atoms with van der Waals surface area (Å²) in [5, 5.41) is 12.1. The standard InChI is InChI=1S/C20H24N2O4/c1-14-6-3-4-9-18(14)22-19(23)13-26-20(24)16(12-21)10-15-7-5-8-17(11-15)25-2/h5,7-8,10-11,14,18H,3-4,6,9,13H2,1-2H3,(H,22,23)/b16-10+/t14-,18+/m0/s1. The average Bonchev–Trinajstić information content (AvgIpc) is 2.66. The molecule has 0 radical (unpaired) electrons. The van der Waals surface area contributed by atoms with Gasteiger partial charge >= 0.3 is 5.97 Å². The van der Waals surface area contributed by atoms with Crippen LogP contribution in [0.15, 0.2) is 29.8 Å². The van der Waals surface area contributed by atoms with Crippen LogP contribution in [0.5, 0.6) is 5.75 Å². The van der Waals surface area contributed by atoms with Gasteiger partial charge in [0.2, 0.25) is 0 Å². The number of nitrogens with one attached hydrogen (secondary N) is 1. The number of carbonyl (C=O) groups is 2. The first-order chi connectivity index (χ1) is 12.5. The van der Waals surface area contributed by atoms with Crippen molar-refractivity contribution in [3.63, 3.8) is 0 Å². The molecule has 0 heterocycles. The van der Waals surface area contributed by atoms with Crippen molar-refractivity contribution in [3.05, 3.63) is 35.4 Å². The maximum Gasteiger partial charge on any atom is 0.349 e. The molecule has 1 amide bonds. The Hall–Kier alpha value is -2.81. The molecule has 138 valence electrons. The van der Waals surface area contributed by atoms with E-state index in [1.807, 2.05) is 6.07 Å². The first kappa shape index (κ1) is 19.5. The molecule has 1 N–H and O–H groups in total. The lowest BCUT2D eigenvalue weighted by Gasteiger charge is -2.29. The predicted molar refractivity (Wildman–Crippen MR) is 97.1 cm³/mol. The number of nitriles is 1. The Morgan fingerprint density at radius 3 is 2.81 bits per heavy atom. The van der Waals surface area contributed by atoms with E-state index in [4.69, 9.17) is 9.47 Å².